The molecule has 0 radical (unpaired) electrons. The summed E-state index contributed by atoms with van der Waals surface area (Å²) in [6, 6.07) is 9.63. The van der Waals surface area contributed by atoms with Crippen LogP contribution in [0.2, 0.25) is 0 Å². The lowest BCUT2D eigenvalue weighted by atomic mass is 10.0. The van der Waals surface area contributed by atoms with Crippen molar-refractivity contribution in [2.75, 3.05) is 18.4 Å². The first kappa shape index (κ1) is 25.2. The van der Waals surface area contributed by atoms with Gasteiger partial charge in [-0.2, -0.15) is 5.26 Å². The second-order valence-corrected chi connectivity index (χ2v) is 10.2. The van der Waals surface area contributed by atoms with E-state index in [0.29, 0.717) is 12.1 Å². The van der Waals surface area contributed by atoms with Crippen LogP contribution in [0.15, 0.2) is 48.1 Å². The molecule has 1 aliphatic rings. The maximum atomic E-state index is 10.5. The van der Waals surface area contributed by atoms with Crippen LogP contribution in [0.25, 0.3) is 16.1 Å². The van der Waals surface area contributed by atoms with Crippen molar-refractivity contribution in [1.29, 1.82) is 5.26 Å². The van der Waals surface area contributed by atoms with E-state index in [1.54, 1.807) is 39.8 Å². The minimum absolute atomic E-state index is 0. The molecule has 0 fully saturated rings. The number of nitriles is 1. The molecule has 8 nitrogen and oxygen atoms in total. The normalized spacial score (nSPS) is 12.7. The van der Waals surface area contributed by atoms with E-state index >= 15 is 0 Å². The molecular weight excluding hydrogens is 490 g/mol. The second-order valence-electron chi connectivity index (χ2n) is 8.15. The standard InChI is InChI=1S/C14H14N4S2.C12H11N3O.H2/c1-8-4-5-12(15-6-8)18-14-17-11(7-19-14)13-9(2)16-10(3)20-13;13-7-10-1-2-12(14-8-10)11-3-5-15(9-16)6-4-11;/h4-7H,1-3H3,(H,15,17,18);1-3,8-9H,4-6H2;1H. The summed E-state index contributed by atoms with van der Waals surface area (Å²) in [5, 5.41) is 15.9. The third kappa shape index (κ3) is 6.38. The Kier molecular flexibility index (Phi) is 8.15. The van der Waals surface area contributed by atoms with E-state index < -0.39 is 0 Å². The first-order valence-electron chi connectivity index (χ1n) is 11.3. The molecule has 4 aromatic heterocycles. The van der Waals surface area contributed by atoms with Crippen molar-refractivity contribution in [3.63, 3.8) is 0 Å². The lowest BCUT2D eigenvalue weighted by Gasteiger charge is -2.21. The Morgan fingerprint density at radius 3 is 2.56 bits per heavy atom. The monoisotopic (exact) mass is 517 g/mol. The zero-order valence-corrected chi connectivity index (χ0v) is 21.9. The van der Waals surface area contributed by atoms with Crippen LogP contribution in [-0.4, -0.2) is 44.3 Å². The predicted molar refractivity (Wildman–Crippen MR) is 146 cm³/mol. The highest BCUT2D eigenvalue weighted by Gasteiger charge is 2.13. The van der Waals surface area contributed by atoms with E-state index in [2.05, 4.69) is 30.6 Å². The summed E-state index contributed by atoms with van der Waals surface area (Å²) in [6.07, 6.45) is 7.10. The number of amides is 1. The third-order valence-corrected chi connectivity index (χ3v) is 7.25. The van der Waals surface area contributed by atoms with Crippen molar-refractivity contribution >= 4 is 45.6 Å². The SMILES string of the molecule is Cc1ccc(Nc2nc(-c3sc(C)nc3C)cs2)nc1.N#Cc1ccc(C2=CCN(C=O)CC2)nc1.[HH]. The topological polar surface area (TPSA) is 108 Å². The number of nitrogens with zero attached hydrogens (tertiary/aromatic N) is 6. The van der Waals surface area contributed by atoms with Gasteiger partial charge < -0.3 is 10.2 Å². The lowest BCUT2D eigenvalue weighted by Crippen LogP contribution is -2.26. The van der Waals surface area contributed by atoms with E-state index in [1.165, 1.54) is 0 Å². The quantitative estimate of drug-likeness (QED) is 0.335. The fourth-order valence-electron chi connectivity index (χ4n) is 3.52. The molecule has 0 saturated heterocycles. The lowest BCUT2D eigenvalue weighted by molar-refractivity contribution is -0.117. The van der Waals surface area contributed by atoms with Gasteiger partial charge in [-0.15, -0.1) is 22.7 Å². The summed E-state index contributed by atoms with van der Waals surface area (Å²) in [5.41, 5.74) is 5.76. The van der Waals surface area contributed by atoms with Crippen LogP contribution >= 0.6 is 22.7 Å². The molecule has 1 N–H and O–H groups in total. The van der Waals surface area contributed by atoms with Gasteiger partial charge >= 0.3 is 0 Å². The molecule has 5 heterocycles. The van der Waals surface area contributed by atoms with Crippen LogP contribution in [0.3, 0.4) is 0 Å². The highest BCUT2D eigenvalue weighted by Crippen LogP contribution is 2.32. The van der Waals surface area contributed by atoms with Crippen molar-refractivity contribution in [3.8, 4) is 16.6 Å². The molecule has 10 heteroatoms. The van der Waals surface area contributed by atoms with Crippen molar-refractivity contribution in [1.82, 2.24) is 24.8 Å². The van der Waals surface area contributed by atoms with E-state index in [-0.39, 0.29) is 1.43 Å². The maximum absolute atomic E-state index is 10.5. The average molecular weight is 518 g/mol. The summed E-state index contributed by atoms with van der Waals surface area (Å²) < 4.78 is 0. The van der Waals surface area contributed by atoms with Crippen molar-refractivity contribution in [2.45, 2.75) is 27.2 Å². The number of pyridine rings is 2. The Labute approximate surface area is 219 Å². The molecule has 0 unspecified atom stereocenters. The van der Waals surface area contributed by atoms with Gasteiger partial charge in [0.15, 0.2) is 5.13 Å². The zero-order chi connectivity index (χ0) is 25.5. The van der Waals surface area contributed by atoms with Crippen LogP contribution < -0.4 is 5.32 Å². The van der Waals surface area contributed by atoms with Gasteiger partial charge in [-0.25, -0.2) is 15.0 Å². The number of carbonyl (C=O) groups excluding carboxylic acids is 1. The van der Waals surface area contributed by atoms with E-state index in [4.69, 9.17) is 5.26 Å². The van der Waals surface area contributed by atoms with Crippen LogP contribution in [-0.2, 0) is 4.79 Å². The fourth-order valence-corrected chi connectivity index (χ4v) is 5.18. The van der Waals surface area contributed by atoms with Crippen LogP contribution in [0.1, 0.15) is 35.4 Å². The molecular formula is C26H27N7OS2. The summed E-state index contributed by atoms with van der Waals surface area (Å²) in [4.78, 5) is 31.0. The van der Waals surface area contributed by atoms with Crippen LogP contribution in [0, 0.1) is 32.1 Å². The van der Waals surface area contributed by atoms with Crippen molar-refractivity contribution in [3.05, 3.63) is 75.6 Å². The largest absolute Gasteiger partial charge is 0.341 e. The number of nitrogens with one attached hydrogen (secondary N) is 1. The molecule has 184 valence electrons. The molecule has 1 amide bonds. The highest BCUT2D eigenvalue weighted by atomic mass is 32.1. The molecule has 4 aromatic rings. The maximum Gasteiger partial charge on any atom is 0.209 e. The summed E-state index contributed by atoms with van der Waals surface area (Å²) in [5.74, 6) is 0.814. The van der Waals surface area contributed by atoms with E-state index in [9.17, 15) is 4.79 Å². The molecule has 0 atom stereocenters. The molecule has 5 rings (SSSR count). The van der Waals surface area contributed by atoms with Gasteiger partial charge in [0.2, 0.25) is 6.41 Å². The van der Waals surface area contributed by atoms with E-state index in [1.807, 2.05) is 57.3 Å². The first-order chi connectivity index (χ1) is 17.4. The van der Waals surface area contributed by atoms with Gasteiger partial charge in [0.05, 0.1) is 32.5 Å². The summed E-state index contributed by atoms with van der Waals surface area (Å²) in [7, 11) is 0. The minimum Gasteiger partial charge on any atom is -0.341 e. The Balaban J connectivity index is 0.000000205. The van der Waals surface area contributed by atoms with Gasteiger partial charge in [-0.3, -0.25) is 9.78 Å². The molecule has 0 aromatic carbocycles. The Bertz CT molecular complexity index is 1410. The number of thiazole rings is 2. The smallest absolute Gasteiger partial charge is 0.209 e. The molecule has 36 heavy (non-hydrogen) atoms. The van der Waals surface area contributed by atoms with Crippen molar-refractivity contribution in [2.24, 2.45) is 0 Å². The second kappa shape index (κ2) is 11.7. The van der Waals surface area contributed by atoms with Gasteiger partial charge in [0.25, 0.3) is 0 Å². The molecule has 0 aliphatic carbocycles. The number of rotatable bonds is 5. The van der Waals surface area contributed by atoms with Crippen molar-refractivity contribution < 1.29 is 6.22 Å². The van der Waals surface area contributed by atoms with Gasteiger partial charge in [-0.1, -0.05) is 12.1 Å². The average Bonchev–Trinajstić information content (AvgIpc) is 3.51. The summed E-state index contributed by atoms with van der Waals surface area (Å²) in [6.45, 7) is 7.43. The van der Waals surface area contributed by atoms with Crippen LogP contribution in [0.5, 0.6) is 0 Å². The zero-order valence-electron chi connectivity index (χ0n) is 20.2. The first-order valence-corrected chi connectivity index (χ1v) is 13.0. The molecule has 0 bridgehead atoms. The Hall–Kier alpha value is -3.94. The van der Waals surface area contributed by atoms with Gasteiger partial charge in [0, 0.05) is 32.3 Å². The minimum atomic E-state index is 0. The van der Waals surface area contributed by atoms with E-state index in [0.717, 1.165) is 68.4 Å². The van der Waals surface area contributed by atoms with Gasteiger partial charge in [-0.05, 0) is 56.5 Å². The number of hydrogen-bond acceptors (Lipinski definition) is 9. The molecule has 1 aliphatic heterocycles. The fraction of sp³-hybridized carbons (Fsp3) is 0.231. The number of carbonyl (C=O) groups is 1. The molecule has 0 saturated carbocycles. The number of anilines is 2. The summed E-state index contributed by atoms with van der Waals surface area (Å²) >= 11 is 3.26. The third-order valence-electron chi connectivity index (χ3n) is 5.40. The Morgan fingerprint density at radius 2 is 1.97 bits per heavy atom. The highest BCUT2D eigenvalue weighted by molar-refractivity contribution is 7.16. The number of hydrogen-bond donors (Lipinski definition) is 1. The van der Waals surface area contributed by atoms with Gasteiger partial charge in [0.1, 0.15) is 11.9 Å². The number of aryl methyl sites for hydroxylation is 3. The predicted octanol–water partition coefficient (Wildman–Crippen LogP) is 5.78. The number of aromatic nitrogens is 4. The van der Waals surface area contributed by atoms with Crippen LogP contribution in [0.4, 0.5) is 10.9 Å². The molecule has 0 spiro atoms. The Morgan fingerprint density at radius 1 is 1.11 bits per heavy atom.